The fourth-order valence-corrected chi connectivity index (χ4v) is 4.49. The molecule has 0 aromatic rings. The Balaban J connectivity index is 3.99. The van der Waals surface area contributed by atoms with Gasteiger partial charge in [0.15, 0.2) is 0 Å². The van der Waals surface area contributed by atoms with Crippen molar-refractivity contribution in [3.63, 3.8) is 0 Å². The third-order valence-corrected chi connectivity index (χ3v) is 6.68. The van der Waals surface area contributed by atoms with Gasteiger partial charge in [-0.1, -0.05) is 116 Å². The smallest absolute Gasteiger partial charge is 0.306 e. The van der Waals surface area contributed by atoms with Gasteiger partial charge in [-0.3, -0.25) is 4.79 Å². The fraction of sp³-hybridized carbons (Fsp3) is 0.958. The Hall–Kier alpha value is 0.680. The van der Waals surface area contributed by atoms with Crippen LogP contribution in [0.15, 0.2) is 0 Å². The molecule has 0 N–H and O–H groups in total. The summed E-state index contributed by atoms with van der Waals surface area (Å²) in [6, 6.07) is 0. The third-order valence-electron chi connectivity index (χ3n) is 5.35. The predicted octanol–water partition coefficient (Wildman–Crippen LogP) is 9.16. The molecule has 0 spiro atoms. The van der Waals surface area contributed by atoms with Crippen molar-refractivity contribution < 1.29 is 9.53 Å². The van der Waals surface area contributed by atoms with Crippen molar-refractivity contribution in [1.29, 1.82) is 0 Å². The van der Waals surface area contributed by atoms with Crippen molar-refractivity contribution in [2.24, 2.45) is 0 Å². The number of carbonyl (C=O) groups is 1. The number of carbonyl (C=O) groups excluding carboxylic acids is 1. The lowest BCUT2D eigenvalue weighted by Crippen LogP contribution is -2.18. The SMILES string of the molecule is CCCCCCCCC(CCCCCCCI)OC(=O)CCCCCCCBr. The van der Waals surface area contributed by atoms with Gasteiger partial charge in [0.05, 0.1) is 0 Å². The highest BCUT2D eigenvalue weighted by Crippen LogP contribution is 2.18. The lowest BCUT2D eigenvalue weighted by Gasteiger charge is -2.18. The molecule has 0 rings (SSSR count). The molecule has 1 unspecified atom stereocenters. The Morgan fingerprint density at radius 3 is 1.82 bits per heavy atom. The number of esters is 1. The van der Waals surface area contributed by atoms with Crippen LogP contribution in [0.2, 0.25) is 0 Å². The van der Waals surface area contributed by atoms with Gasteiger partial charge in [-0.2, -0.15) is 0 Å². The first-order valence-electron chi connectivity index (χ1n) is 12.1. The summed E-state index contributed by atoms with van der Waals surface area (Å²) in [6.07, 6.45) is 23.1. The van der Waals surface area contributed by atoms with Gasteiger partial charge in [0.1, 0.15) is 6.10 Å². The van der Waals surface area contributed by atoms with E-state index in [0.717, 1.165) is 31.0 Å². The van der Waals surface area contributed by atoms with E-state index < -0.39 is 0 Å². The molecule has 168 valence electrons. The molecule has 1 atom stereocenters. The molecule has 0 radical (unpaired) electrons. The number of halogens is 2. The molecular formula is C24H46BrIO2. The minimum Gasteiger partial charge on any atom is -0.462 e. The molecule has 4 heteroatoms. The second-order valence-corrected chi connectivity index (χ2v) is 9.99. The molecule has 0 aliphatic heterocycles. The van der Waals surface area contributed by atoms with Crippen LogP contribution in [0.4, 0.5) is 0 Å². The molecule has 0 aliphatic rings. The molecule has 0 saturated carbocycles. The first-order chi connectivity index (χ1) is 13.7. The monoisotopic (exact) mass is 572 g/mol. The van der Waals surface area contributed by atoms with Crippen LogP contribution in [-0.4, -0.2) is 21.8 Å². The van der Waals surface area contributed by atoms with Gasteiger partial charge in [0.2, 0.25) is 0 Å². The zero-order chi connectivity index (χ0) is 20.7. The second-order valence-electron chi connectivity index (χ2n) is 8.12. The van der Waals surface area contributed by atoms with Crippen molar-refractivity contribution in [3.8, 4) is 0 Å². The molecule has 0 saturated heterocycles. The van der Waals surface area contributed by atoms with E-state index in [9.17, 15) is 4.79 Å². The maximum Gasteiger partial charge on any atom is 0.306 e. The van der Waals surface area contributed by atoms with Gasteiger partial charge in [-0.15, -0.1) is 0 Å². The maximum atomic E-state index is 12.3. The summed E-state index contributed by atoms with van der Waals surface area (Å²) >= 11 is 5.93. The Morgan fingerprint density at radius 2 is 1.25 bits per heavy atom. The molecule has 28 heavy (non-hydrogen) atoms. The summed E-state index contributed by atoms with van der Waals surface area (Å²) in [5.74, 6) is 0.0430. The number of unbranched alkanes of at least 4 members (excludes halogenated alkanes) is 13. The molecule has 0 aromatic heterocycles. The Labute approximate surface area is 198 Å². The van der Waals surface area contributed by atoms with Gasteiger partial charge >= 0.3 is 5.97 Å². The van der Waals surface area contributed by atoms with Crippen molar-refractivity contribution in [1.82, 2.24) is 0 Å². The van der Waals surface area contributed by atoms with Crippen LogP contribution in [0.5, 0.6) is 0 Å². The molecule has 0 fully saturated rings. The van der Waals surface area contributed by atoms with Crippen molar-refractivity contribution in [3.05, 3.63) is 0 Å². The van der Waals surface area contributed by atoms with Gasteiger partial charge in [-0.05, 0) is 49.4 Å². The highest BCUT2D eigenvalue weighted by Gasteiger charge is 2.14. The zero-order valence-electron chi connectivity index (χ0n) is 18.5. The summed E-state index contributed by atoms with van der Waals surface area (Å²) in [5, 5.41) is 1.09. The number of rotatable bonds is 22. The van der Waals surface area contributed by atoms with Crippen LogP contribution < -0.4 is 0 Å². The van der Waals surface area contributed by atoms with E-state index in [0.29, 0.717) is 6.42 Å². The Bertz CT molecular complexity index is 310. The zero-order valence-corrected chi connectivity index (χ0v) is 22.2. The van der Waals surface area contributed by atoms with E-state index in [2.05, 4.69) is 45.4 Å². The Kier molecular flexibility index (Phi) is 24.5. The standard InChI is InChI=1S/C24H46BrIO2/c1-2-3-4-5-8-13-18-23(19-14-9-7-12-17-22-26)28-24(27)20-15-10-6-11-16-21-25/h23H,2-22H2,1H3. The molecule has 0 bridgehead atoms. The van der Waals surface area contributed by atoms with Gasteiger partial charge in [-0.25, -0.2) is 0 Å². The largest absolute Gasteiger partial charge is 0.462 e. The van der Waals surface area contributed by atoms with E-state index in [1.54, 1.807) is 0 Å². The molecule has 2 nitrogen and oxygen atoms in total. The summed E-state index contributed by atoms with van der Waals surface area (Å²) in [6.45, 7) is 2.26. The summed E-state index contributed by atoms with van der Waals surface area (Å²) in [4.78, 5) is 12.3. The van der Waals surface area contributed by atoms with Crippen molar-refractivity contribution >= 4 is 44.5 Å². The molecule has 0 aromatic carbocycles. The summed E-state index contributed by atoms with van der Waals surface area (Å²) in [7, 11) is 0. The van der Waals surface area contributed by atoms with Crippen LogP contribution in [-0.2, 0) is 9.53 Å². The Morgan fingerprint density at radius 1 is 0.750 bits per heavy atom. The predicted molar refractivity (Wildman–Crippen MR) is 136 cm³/mol. The minimum absolute atomic E-state index is 0.0430. The van der Waals surface area contributed by atoms with Crippen LogP contribution in [0.3, 0.4) is 0 Å². The third kappa shape index (κ3) is 21.4. The van der Waals surface area contributed by atoms with E-state index in [4.69, 9.17) is 4.74 Å². The molecule has 0 aliphatic carbocycles. The van der Waals surface area contributed by atoms with Gasteiger partial charge in [0, 0.05) is 11.8 Å². The first-order valence-corrected chi connectivity index (χ1v) is 14.7. The highest BCUT2D eigenvalue weighted by molar-refractivity contribution is 14.1. The minimum atomic E-state index is 0.0430. The molecular weight excluding hydrogens is 527 g/mol. The van der Waals surface area contributed by atoms with Crippen molar-refractivity contribution in [2.45, 2.75) is 135 Å². The fourth-order valence-electron chi connectivity index (χ4n) is 3.55. The number of alkyl halides is 2. The number of hydrogen-bond acceptors (Lipinski definition) is 2. The van der Waals surface area contributed by atoms with E-state index >= 15 is 0 Å². The number of ether oxygens (including phenoxy) is 1. The quantitative estimate of drug-likeness (QED) is 0.0559. The average molecular weight is 573 g/mol. The first kappa shape index (κ1) is 28.7. The van der Waals surface area contributed by atoms with Crippen molar-refractivity contribution in [2.75, 3.05) is 9.76 Å². The van der Waals surface area contributed by atoms with Crippen LogP contribution in [0.1, 0.15) is 129 Å². The number of hydrogen-bond donors (Lipinski definition) is 0. The topological polar surface area (TPSA) is 26.3 Å². The lowest BCUT2D eigenvalue weighted by atomic mass is 10.0. The lowest BCUT2D eigenvalue weighted by molar-refractivity contribution is -0.150. The summed E-state index contributed by atoms with van der Waals surface area (Å²) < 4.78 is 7.16. The van der Waals surface area contributed by atoms with E-state index in [-0.39, 0.29) is 12.1 Å². The maximum absolute atomic E-state index is 12.3. The second kappa shape index (κ2) is 24.0. The molecule has 0 heterocycles. The van der Waals surface area contributed by atoms with Crippen LogP contribution >= 0.6 is 38.5 Å². The van der Waals surface area contributed by atoms with Gasteiger partial charge < -0.3 is 4.74 Å². The summed E-state index contributed by atoms with van der Waals surface area (Å²) in [5.41, 5.74) is 0. The van der Waals surface area contributed by atoms with Gasteiger partial charge in [0.25, 0.3) is 0 Å². The average Bonchev–Trinajstić information content (AvgIpc) is 2.69. The molecule has 0 amide bonds. The van der Waals surface area contributed by atoms with Crippen LogP contribution in [0, 0.1) is 0 Å². The highest BCUT2D eigenvalue weighted by atomic mass is 127. The van der Waals surface area contributed by atoms with Crippen LogP contribution in [0.25, 0.3) is 0 Å². The van der Waals surface area contributed by atoms with E-state index in [1.807, 2.05) is 0 Å². The van der Waals surface area contributed by atoms with E-state index in [1.165, 1.54) is 94.3 Å². The normalized spacial score (nSPS) is 12.2.